The second kappa shape index (κ2) is 5.85. The van der Waals surface area contributed by atoms with Crippen molar-refractivity contribution in [3.63, 3.8) is 0 Å². The maximum Gasteiger partial charge on any atom is 0.314 e. The number of aromatic nitrogens is 1. The predicted molar refractivity (Wildman–Crippen MR) is 59.1 cm³/mol. The number of ether oxygens (including phenoxy) is 1. The van der Waals surface area contributed by atoms with Crippen LogP contribution in [0.3, 0.4) is 0 Å². The molecule has 1 atom stereocenters. The molecule has 0 saturated carbocycles. The lowest BCUT2D eigenvalue weighted by molar-refractivity contribution is -0.458. The van der Waals surface area contributed by atoms with Crippen molar-refractivity contribution in [2.24, 2.45) is 5.92 Å². The first-order valence-electron chi connectivity index (χ1n) is 4.91. The molecule has 16 heavy (non-hydrogen) atoms. The summed E-state index contributed by atoms with van der Waals surface area (Å²) < 4.78 is 5.21. The van der Waals surface area contributed by atoms with E-state index in [9.17, 15) is 10.0 Å². The summed E-state index contributed by atoms with van der Waals surface area (Å²) in [6.07, 6.45) is 2.95. The lowest BCUT2D eigenvalue weighted by Gasteiger charge is -2.08. The van der Waals surface area contributed by atoms with Gasteiger partial charge < -0.3 is 9.94 Å². The standard InChI is InChI=1S/C11H14N2O3/c1-9(11(14)16-2)7-13(15)8-10-5-3-4-6-12-10/h3-6,8-9H,7H2,1-2H3/b13-8+. The van der Waals surface area contributed by atoms with Crippen molar-refractivity contribution in [3.05, 3.63) is 35.3 Å². The highest BCUT2D eigenvalue weighted by atomic mass is 16.5. The van der Waals surface area contributed by atoms with Crippen LogP contribution >= 0.6 is 0 Å². The Kier molecular flexibility index (Phi) is 4.44. The quantitative estimate of drug-likeness (QED) is 0.249. The molecule has 0 aromatic carbocycles. The Labute approximate surface area is 94.0 Å². The maximum absolute atomic E-state index is 11.5. The minimum Gasteiger partial charge on any atom is -0.624 e. The van der Waals surface area contributed by atoms with Crippen molar-refractivity contribution >= 4 is 12.2 Å². The summed E-state index contributed by atoms with van der Waals surface area (Å²) in [5.41, 5.74) is 0.564. The molecule has 1 aromatic heterocycles. The van der Waals surface area contributed by atoms with Crippen LogP contribution in [0.15, 0.2) is 24.4 Å². The average molecular weight is 222 g/mol. The van der Waals surface area contributed by atoms with Crippen molar-refractivity contribution < 1.29 is 14.3 Å². The van der Waals surface area contributed by atoms with Gasteiger partial charge in [-0.15, -0.1) is 0 Å². The van der Waals surface area contributed by atoms with Gasteiger partial charge in [0.1, 0.15) is 11.6 Å². The first-order valence-corrected chi connectivity index (χ1v) is 4.91. The molecule has 0 aliphatic heterocycles. The number of carbonyl (C=O) groups excluding carboxylic acids is 1. The normalized spacial score (nSPS) is 13.2. The van der Waals surface area contributed by atoms with Gasteiger partial charge in [0.15, 0.2) is 12.8 Å². The zero-order valence-corrected chi connectivity index (χ0v) is 9.29. The summed E-state index contributed by atoms with van der Waals surface area (Å²) >= 11 is 0. The Hall–Kier alpha value is -1.91. The van der Waals surface area contributed by atoms with Crippen LogP contribution in [0.1, 0.15) is 12.6 Å². The molecular weight excluding hydrogens is 208 g/mol. The fraction of sp³-hybridized carbons (Fsp3) is 0.364. The van der Waals surface area contributed by atoms with E-state index in [-0.39, 0.29) is 6.54 Å². The number of hydroxylamine groups is 1. The third-order valence-electron chi connectivity index (χ3n) is 2.02. The summed E-state index contributed by atoms with van der Waals surface area (Å²) in [5, 5.41) is 11.5. The van der Waals surface area contributed by atoms with E-state index in [1.807, 2.05) is 0 Å². The van der Waals surface area contributed by atoms with Gasteiger partial charge in [-0.3, -0.25) is 9.78 Å². The van der Waals surface area contributed by atoms with E-state index >= 15 is 0 Å². The van der Waals surface area contributed by atoms with Crippen molar-refractivity contribution in [1.29, 1.82) is 0 Å². The second-order valence-corrected chi connectivity index (χ2v) is 3.41. The van der Waals surface area contributed by atoms with Crippen LogP contribution in [0.2, 0.25) is 0 Å². The van der Waals surface area contributed by atoms with Crippen LogP contribution < -0.4 is 0 Å². The van der Waals surface area contributed by atoms with Gasteiger partial charge in [-0.25, -0.2) is 4.74 Å². The third-order valence-corrected chi connectivity index (χ3v) is 2.02. The molecule has 0 amide bonds. The molecular formula is C11H14N2O3. The molecule has 0 bridgehead atoms. The van der Waals surface area contributed by atoms with Crippen molar-refractivity contribution in [2.75, 3.05) is 13.7 Å². The van der Waals surface area contributed by atoms with Crippen LogP contribution in [0, 0.1) is 11.1 Å². The van der Waals surface area contributed by atoms with Gasteiger partial charge in [0.25, 0.3) is 0 Å². The van der Waals surface area contributed by atoms with Gasteiger partial charge >= 0.3 is 5.97 Å². The number of nitrogens with zero attached hydrogens (tertiary/aromatic N) is 2. The van der Waals surface area contributed by atoms with Gasteiger partial charge in [0, 0.05) is 6.20 Å². The zero-order chi connectivity index (χ0) is 12.0. The van der Waals surface area contributed by atoms with Gasteiger partial charge in [0.05, 0.1) is 7.11 Å². The largest absolute Gasteiger partial charge is 0.624 e. The molecule has 1 unspecified atom stereocenters. The molecule has 1 heterocycles. The molecule has 0 aliphatic rings. The van der Waals surface area contributed by atoms with Crippen molar-refractivity contribution in [3.8, 4) is 0 Å². The Bertz CT molecular complexity index is 376. The summed E-state index contributed by atoms with van der Waals surface area (Å²) in [6, 6.07) is 5.27. The minimum absolute atomic E-state index is 0.0588. The van der Waals surface area contributed by atoms with E-state index < -0.39 is 11.9 Å². The highest BCUT2D eigenvalue weighted by molar-refractivity contribution is 5.73. The molecule has 0 aliphatic carbocycles. The van der Waals surface area contributed by atoms with E-state index in [0.29, 0.717) is 10.4 Å². The first-order chi connectivity index (χ1) is 7.63. The molecule has 5 heteroatoms. The SMILES string of the molecule is COC(=O)C(C)C/[N+]([O-])=C\c1ccccn1. The number of hydrogen-bond donors (Lipinski definition) is 0. The van der Waals surface area contributed by atoms with Crippen LogP contribution in [0.5, 0.6) is 0 Å². The van der Waals surface area contributed by atoms with E-state index in [1.54, 1.807) is 31.3 Å². The molecule has 0 radical (unpaired) electrons. The number of methoxy groups -OCH3 is 1. The molecule has 0 saturated heterocycles. The number of pyridine rings is 1. The Balaban J connectivity index is 2.62. The Morgan fingerprint density at radius 3 is 3.00 bits per heavy atom. The molecule has 1 rings (SSSR count). The predicted octanol–water partition coefficient (Wildman–Crippen LogP) is 0.820. The monoisotopic (exact) mass is 222 g/mol. The highest BCUT2D eigenvalue weighted by Crippen LogP contribution is 1.98. The molecule has 0 fully saturated rings. The van der Waals surface area contributed by atoms with Gasteiger partial charge in [-0.1, -0.05) is 6.07 Å². The fourth-order valence-electron chi connectivity index (χ4n) is 1.20. The summed E-state index contributed by atoms with van der Waals surface area (Å²) in [5.74, 6) is -0.849. The Morgan fingerprint density at radius 2 is 2.44 bits per heavy atom. The van der Waals surface area contributed by atoms with E-state index in [2.05, 4.69) is 9.72 Å². The van der Waals surface area contributed by atoms with E-state index in [0.717, 1.165) is 0 Å². The topological polar surface area (TPSA) is 65.3 Å². The second-order valence-electron chi connectivity index (χ2n) is 3.41. The lowest BCUT2D eigenvalue weighted by Crippen LogP contribution is -2.23. The zero-order valence-electron chi connectivity index (χ0n) is 9.29. The van der Waals surface area contributed by atoms with Crippen LogP contribution in [0.25, 0.3) is 0 Å². The molecule has 1 aromatic rings. The Morgan fingerprint density at radius 1 is 1.69 bits per heavy atom. The van der Waals surface area contributed by atoms with Gasteiger partial charge in [-0.05, 0) is 19.1 Å². The van der Waals surface area contributed by atoms with Crippen LogP contribution in [0.4, 0.5) is 0 Å². The van der Waals surface area contributed by atoms with Crippen LogP contribution in [-0.2, 0) is 9.53 Å². The van der Waals surface area contributed by atoms with Crippen molar-refractivity contribution in [1.82, 2.24) is 4.98 Å². The molecule has 0 spiro atoms. The average Bonchev–Trinajstić information content (AvgIpc) is 2.29. The summed E-state index contributed by atoms with van der Waals surface area (Å²) in [6.45, 7) is 1.70. The molecule has 0 N–H and O–H groups in total. The number of hydrogen-bond acceptors (Lipinski definition) is 4. The molecule has 5 nitrogen and oxygen atoms in total. The fourth-order valence-corrected chi connectivity index (χ4v) is 1.20. The lowest BCUT2D eigenvalue weighted by atomic mass is 10.2. The smallest absolute Gasteiger partial charge is 0.314 e. The summed E-state index contributed by atoms with van der Waals surface area (Å²) in [7, 11) is 1.30. The number of carbonyl (C=O) groups is 1. The number of rotatable bonds is 4. The summed E-state index contributed by atoms with van der Waals surface area (Å²) in [4.78, 5) is 15.1. The maximum atomic E-state index is 11.5. The third kappa shape index (κ3) is 3.68. The minimum atomic E-state index is -0.456. The number of esters is 1. The van der Waals surface area contributed by atoms with E-state index in [4.69, 9.17) is 0 Å². The molecule has 86 valence electrons. The first kappa shape index (κ1) is 12.2. The van der Waals surface area contributed by atoms with Gasteiger partial charge in [-0.2, -0.15) is 0 Å². The van der Waals surface area contributed by atoms with Gasteiger partial charge in [0.2, 0.25) is 0 Å². The highest BCUT2D eigenvalue weighted by Gasteiger charge is 2.16. The van der Waals surface area contributed by atoms with E-state index in [1.165, 1.54) is 13.3 Å². The van der Waals surface area contributed by atoms with Crippen molar-refractivity contribution in [2.45, 2.75) is 6.92 Å². The van der Waals surface area contributed by atoms with Crippen LogP contribution in [-0.4, -0.2) is 35.6 Å².